The number of benzene rings is 1. The molecular formula is C16H21N3O3S2. The second-order valence-corrected chi connectivity index (χ2v) is 8.97. The fourth-order valence-corrected chi connectivity index (χ4v) is 3.44. The number of rotatable bonds is 6. The zero-order chi connectivity index (χ0) is 17.9. The van der Waals surface area contributed by atoms with Crippen molar-refractivity contribution >= 4 is 32.2 Å². The number of carbonyl (C=O) groups is 1. The number of thiazole rings is 1. The summed E-state index contributed by atoms with van der Waals surface area (Å²) in [4.78, 5) is 16.4. The second kappa shape index (κ2) is 7.42. The van der Waals surface area contributed by atoms with Crippen LogP contribution in [0, 0.1) is 13.8 Å². The molecule has 0 aliphatic rings. The number of sulfone groups is 1. The van der Waals surface area contributed by atoms with Crippen molar-refractivity contribution in [3.05, 3.63) is 34.7 Å². The Morgan fingerprint density at radius 3 is 2.67 bits per heavy atom. The number of amides is 1. The molecule has 1 amide bonds. The van der Waals surface area contributed by atoms with Crippen molar-refractivity contribution in [2.24, 2.45) is 5.73 Å². The monoisotopic (exact) mass is 367 g/mol. The molecule has 6 nitrogen and oxygen atoms in total. The minimum absolute atomic E-state index is 0.0834. The van der Waals surface area contributed by atoms with Gasteiger partial charge in [-0.15, -0.1) is 11.3 Å². The first kappa shape index (κ1) is 18.6. The van der Waals surface area contributed by atoms with E-state index in [0.717, 1.165) is 17.5 Å². The SMILES string of the molecule is Cc1ccc(-c2csc(NC(=O)C(N)CCS(C)(=O)=O)n2)cc1C. The predicted molar refractivity (Wildman–Crippen MR) is 98.0 cm³/mol. The zero-order valence-electron chi connectivity index (χ0n) is 13.9. The van der Waals surface area contributed by atoms with E-state index in [4.69, 9.17) is 5.73 Å². The Hall–Kier alpha value is -1.77. The van der Waals surface area contributed by atoms with Crippen LogP contribution in [0.5, 0.6) is 0 Å². The summed E-state index contributed by atoms with van der Waals surface area (Å²) in [6.45, 7) is 4.08. The molecule has 0 fully saturated rings. The van der Waals surface area contributed by atoms with Crippen LogP contribution in [0.2, 0.25) is 0 Å². The molecule has 0 bridgehead atoms. The van der Waals surface area contributed by atoms with Crippen molar-refractivity contribution in [1.29, 1.82) is 0 Å². The van der Waals surface area contributed by atoms with E-state index in [9.17, 15) is 13.2 Å². The van der Waals surface area contributed by atoms with Gasteiger partial charge in [-0.25, -0.2) is 13.4 Å². The van der Waals surface area contributed by atoms with Crippen LogP contribution in [0.25, 0.3) is 11.3 Å². The van der Waals surface area contributed by atoms with Gasteiger partial charge in [-0.3, -0.25) is 4.79 Å². The highest BCUT2D eigenvalue weighted by molar-refractivity contribution is 7.90. The first-order valence-corrected chi connectivity index (χ1v) is 10.4. The summed E-state index contributed by atoms with van der Waals surface area (Å²) in [6, 6.07) is 5.19. The summed E-state index contributed by atoms with van der Waals surface area (Å²) in [5.41, 5.74) is 9.87. The molecule has 0 aliphatic carbocycles. The Morgan fingerprint density at radius 2 is 2.04 bits per heavy atom. The summed E-state index contributed by atoms with van der Waals surface area (Å²) in [5, 5.41) is 4.95. The molecule has 1 aromatic carbocycles. The fourth-order valence-electron chi connectivity index (χ4n) is 2.03. The Balaban J connectivity index is 2.02. The number of nitrogens with zero attached hydrogens (tertiary/aromatic N) is 1. The van der Waals surface area contributed by atoms with E-state index in [2.05, 4.69) is 10.3 Å². The molecule has 1 atom stereocenters. The highest BCUT2D eigenvalue weighted by atomic mass is 32.2. The summed E-state index contributed by atoms with van der Waals surface area (Å²) < 4.78 is 22.3. The molecule has 0 saturated carbocycles. The molecule has 0 radical (unpaired) electrons. The third-order valence-corrected chi connectivity index (χ3v) is 5.41. The third kappa shape index (κ3) is 5.12. The molecule has 2 rings (SSSR count). The largest absolute Gasteiger partial charge is 0.320 e. The average Bonchev–Trinajstić information content (AvgIpc) is 2.95. The standard InChI is InChI=1S/C16H21N3O3S2/c1-10-4-5-12(8-11(10)2)14-9-23-16(18-14)19-15(20)13(17)6-7-24(3,21)22/h4-5,8-9,13H,6-7,17H2,1-3H3,(H,18,19,20). The van der Waals surface area contributed by atoms with Crippen molar-refractivity contribution < 1.29 is 13.2 Å². The van der Waals surface area contributed by atoms with Crippen LogP contribution in [-0.4, -0.2) is 37.4 Å². The molecule has 0 saturated heterocycles. The van der Waals surface area contributed by atoms with E-state index in [-0.39, 0.29) is 12.2 Å². The van der Waals surface area contributed by atoms with Gasteiger partial charge in [-0.1, -0.05) is 12.1 Å². The van der Waals surface area contributed by atoms with Crippen LogP contribution in [0.1, 0.15) is 17.5 Å². The van der Waals surface area contributed by atoms with Gasteiger partial charge < -0.3 is 11.1 Å². The van der Waals surface area contributed by atoms with Crippen molar-refractivity contribution in [2.75, 3.05) is 17.3 Å². The van der Waals surface area contributed by atoms with E-state index in [1.165, 1.54) is 22.5 Å². The highest BCUT2D eigenvalue weighted by Gasteiger charge is 2.17. The summed E-state index contributed by atoms with van der Waals surface area (Å²) in [5.74, 6) is -0.549. The van der Waals surface area contributed by atoms with Gasteiger partial charge >= 0.3 is 0 Å². The lowest BCUT2D eigenvalue weighted by Crippen LogP contribution is -2.37. The van der Waals surface area contributed by atoms with Crippen LogP contribution >= 0.6 is 11.3 Å². The lowest BCUT2D eigenvalue weighted by atomic mass is 10.1. The molecule has 0 aliphatic heterocycles. The summed E-state index contributed by atoms with van der Waals surface area (Å²) in [6.07, 6.45) is 1.20. The Morgan fingerprint density at radius 1 is 1.33 bits per heavy atom. The number of carbonyl (C=O) groups excluding carboxylic acids is 1. The van der Waals surface area contributed by atoms with Gasteiger partial charge in [0.15, 0.2) is 5.13 Å². The van der Waals surface area contributed by atoms with Gasteiger partial charge in [0.1, 0.15) is 9.84 Å². The molecule has 2 aromatic rings. The Labute approximate surface area is 146 Å². The number of nitrogens with two attached hydrogens (primary N) is 1. The first-order valence-electron chi connectivity index (χ1n) is 7.43. The first-order chi connectivity index (χ1) is 11.2. The minimum Gasteiger partial charge on any atom is -0.320 e. The summed E-state index contributed by atoms with van der Waals surface area (Å²) in [7, 11) is -3.14. The number of hydrogen-bond donors (Lipinski definition) is 2. The van der Waals surface area contributed by atoms with Gasteiger partial charge in [-0.05, 0) is 37.5 Å². The molecule has 8 heteroatoms. The van der Waals surface area contributed by atoms with Gasteiger partial charge in [0.2, 0.25) is 5.91 Å². The maximum absolute atomic E-state index is 12.0. The van der Waals surface area contributed by atoms with Crippen LogP contribution in [0.3, 0.4) is 0 Å². The van der Waals surface area contributed by atoms with E-state index in [1.54, 1.807) is 0 Å². The average molecular weight is 367 g/mol. The number of anilines is 1. The van der Waals surface area contributed by atoms with Gasteiger partial charge in [0.05, 0.1) is 17.5 Å². The van der Waals surface area contributed by atoms with Gasteiger partial charge in [-0.2, -0.15) is 0 Å². The molecule has 3 N–H and O–H groups in total. The normalized spacial score (nSPS) is 12.8. The number of aromatic nitrogens is 1. The Kier molecular flexibility index (Phi) is 5.74. The third-order valence-electron chi connectivity index (χ3n) is 3.67. The molecule has 1 unspecified atom stereocenters. The van der Waals surface area contributed by atoms with E-state index < -0.39 is 21.8 Å². The minimum atomic E-state index is -3.14. The number of aryl methyl sites for hydroxylation is 2. The fraction of sp³-hybridized carbons (Fsp3) is 0.375. The van der Waals surface area contributed by atoms with Gasteiger partial charge in [0, 0.05) is 17.2 Å². The molecular weight excluding hydrogens is 346 g/mol. The van der Waals surface area contributed by atoms with E-state index in [0.29, 0.717) is 5.13 Å². The number of nitrogens with one attached hydrogen (secondary N) is 1. The zero-order valence-corrected chi connectivity index (χ0v) is 15.5. The van der Waals surface area contributed by atoms with Crippen molar-refractivity contribution in [3.8, 4) is 11.3 Å². The predicted octanol–water partition coefficient (Wildman–Crippen LogP) is 2.13. The van der Waals surface area contributed by atoms with Crippen molar-refractivity contribution in [1.82, 2.24) is 4.98 Å². The topological polar surface area (TPSA) is 102 Å². The van der Waals surface area contributed by atoms with Crippen molar-refractivity contribution in [2.45, 2.75) is 26.3 Å². The molecule has 1 heterocycles. The molecule has 0 spiro atoms. The van der Waals surface area contributed by atoms with E-state index in [1.807, 2.05) is 37.4 Å². The van der Waals surface area contributed by atoms with Crippen LogP contribution in [-0.2, 0) is 14.6 Å². The smallest absolute Gasteiger partial charge is 0.243 e. The lowest BCUT2D eigenvalue weighted by molar-refractivity contribution is -0.117. The van der Waals surface area contributed by atoms with Crippen LogP contribution in [0.15, 0.2) is 23.6 Å². The quantitative estimate of drug-likeness (QED) is 0.814. The maximum Gasteiger partial charge on any atom is 0.243 e. The second-order valence-electron chi connectivity index (χ2n) is 5.85. The van der Waals surface area contributed by atoms with Crippen molar-refractivity contribution in [3.63, 3.8) is 0 Å². The maximum atomic E-state index is 12.0. The van der Waals surface area contributed by atoms with Crippen LogP contribution in [0.4, 0.5) is 5.13 Å². The van der Waals surface area contributed by atoms with Crippen LogP contribution < -0.4 is 11.1 Å². The molecule has 1 aromatic heterocycles. The lowest BCUT2D eigenvalue weighted by Gasteiger charge is -2.09. The molecule has 130 valence electrons. The Bertz CT molecular complexity index is 844. The molecule has 24 heavy (non-hydrogen) atoms. The summed E-state index contributed by atoms with van der Waals surface area (Å²) >= 11 is 1.31. The number of hydrogen-bond acceptors (Lipinski definition) is 6. The van der Waals surface area contributed by atoms with Gasteiger partial charge in [0.25, 0.3) is 0 Å². The highest BCUT2D eigenvalue weighted by Crippen LogP contribution is 2.26. The van der Waals surface area contributed by atoms with E-state index >= 15 is 0 Å².